The Bertz CT molecular complexity index is 1240. The second kappa shape index (κ2) is 10.3. The molecule has 0 aliphatic carbocycles. The zero-order valence-corrected chi connectivity index (χ0v) is 19.3. The van der Waals surface area contributed by atoms with Crippen molar-refractivity contribution in [2.45, 2.75) is 6.92 Å². The van der Waals surface area contributed by atoms with Crippen LogP contribution in [0.25, 0.3) is 0 Å². The van der Waals surface area contributed by atoms with Crippen molar-refractivity contribution in [1.82, 2.24) is 0 Å². The highest BCUT2D eigenvalue weighted by atomic mass is 31.2. The Morgan fingerprint density at radius 3 is 1.45 bits per heavy atom. The van der Waals surface area contributed by atoms with E-state index in [4.69, 9.17) is 4.74 Å². The number of carbonyl (C=O) groups excluding carboxylic acids is 1. The summed E-state index contributed by atoms with van der Waals surface area (Å²) in [6.45, 7) is -0.789. The molecule has 4 aromatic carbocycles. The molecule has 0 aliphatic heterocycles. The van der Waals surface area contributed by atoms with Crippen molar-refractivity contribution in [1.29, 1.82) is 0 Å². The predicted molar refractivity (Wildman–Crippen MR) is 139 cm³/mol. The summed E-state index contributed by atoms with van der Waals surface area (Å²) in [4.78, 5) is 27.1. The van der Waals surface area contributed by atoms with Crippen LogP contribution in [-0.4, -0.2) is 17.9 Å². The van der Waals surface area contributed by atoms with Crippen molar-refractivity contribution in [2.75, 3.05) is 6.61 Å². The summed E-state index contributed by atoms with van der Waals surface area (Å²) in [7, 11) is 0. The summed E-state index contributed by atoms with van der Waals surface area (Å²) in [5.74, 6) is -0.467. The minimum atomic E-state index is -2.79. The average molecular weight is 452 g/mol. The average Bonchev–Trinajstić information content (AvgIpc) is 3.08. The Morgan fingerprint density at radius 2 is 1.03 bits per heavy atom. The molecule has 3 nitrogen and oxygen atoms in total. The van der Waals surface area contributed by atoms with Crippen LogP contribution < -0.4 is 21.3 Å². The fraction of sp³-hybridized carbons (Fsp3) is 0.0690. The Labute approximate surface area is 194 Å². The number of ether oxygens (including phenoxy) is 1. The van der Waals surface area contributed by atoms with Gasteiger partial charge < -0.3 is 4.74 Å². The predicted octanol–water partition coefficient (Wildman–Crippen LogP) is 4.12. The molecule has 0 fully saturated rings. The van der Waals surface area contributed by atoms with Gasteiger partial charge in [0.05, 0.1) is 11.9 Å². The second-order valence-corrected chi connectivity index (χ2v) is 10.8. The SMILES string of the molecule is CCOC(=O)C(c1cccccc1=O)=P(c1ccccc1)(c1ccccc1)c1ccccc1. The molecule has 4 heteroatoms. The van der Waals surface area contributed by atoms with E-state index < -0.39 is 12.9 Å². The maximum absolute atomic E-state index is 13.8. The van der Waals surface area contributed by atoms with Gasteiger partial charge in [-0.3, -0.25) is 4.79 Å². The fourth-order valence-electron chi connectivity index (χ4n) is 4.14. The molecule has 0 unspecified atom stereocenters. The summed E-state index contributed by atoms with van der Waals surface area (Å²) in [5.41, 5.74) is 0.151. The molecule has 4 aromatic rings. The second-order valence-electron chi connectivity index (χ2n) is 7.44. The van der Waals surface area contributed by atoms with Crippen molar-refractivity contribution >= 4 is 34.1 Å². The number of hydrogen-bond donors (Lipinski definition) is 0. The highest BCUT2D eigenvalue weighted by Gasteiger charge is 2.35. The molecular weight excluding hydrogens is 427 g/mol. The summed E-state index contributed by atoms with van der Waals surface area (Å²) >= 11 is 0. The number of rotatable bonds is 6. The highest BCUT2D eigenvalue weighted by Crippen LogP contribution is 2.47. The Kier molecular flexibility index (Phi) is 7.02. The quantitative estimate of drug-likeness (QED) is 0.327. The van der Waals surface area contributed by atoms with E-state index >= 15 is 0 Å². The molecule has 4 rings (SSSR count). The lowest BCUT2D eigenvalue weighted by Gasteiger charge is -2.32. The van der Waals surface area contributed by atoms with Gasteiger partial charge in [0, 0.05) is 5.56 Å². The molecule has 0 saturated heterocycles. The minimum Gasteiger partial charge on any atom is -0.462 e. The van der Waals surface area contributed by atoms with Gasteiger partial charge >= 0.3 is 5.97 Å². The molecule has 0 spiro atoms. The number of benzene rings is 3. The van der Waals surface area contributed by atoms with Crippen LogP contribution in [0.15, 0.2) is 126 Å². The molecular formula is C29H25O3P. The van der Waals surface area contributed by atoms with Crippen molar-refractivity contribution in [3.05, 3.63) is 137 Å². The lowest BCUT2D eigenvalue weighted by Crippen LogP contribution is -2.36. The van der Waals surface area contributed by atoms with E-state index in [0.717, 1.165) is 15.9 Å². The van der Waals surface area contributed by atoms with Crippen LogP contribution >= 0.6 is 6.89 Å². The van der Waals surface area contributed by atoms with E-state index in [2.05, 4.69) is 0 Å². The van der Waals surface area contributed by atoms with Gasteiger partial charge in [0.2, 0.25) is 0 Å². The van der Waals surface area contributed by atoms with Gasteiger partial charge in [0.1, 0.15) is 0 Å². The Hall–Kier alpha value is -3.68. The third-order valence-corrected chi connectivity index (χ3v) is 9.80. The number of esters is 1. The van der Waals surface area contributed by atoms with Gasteiger partial charge in [-0.05, 0) is 35.8 Å². The van der Waals surface area contributed by atoms with Gasteiger partial charge in [-0.2, -0.15) is 0 Å². The van der Waals surface area contributed by atoms with E-state index in [1.165, 1.54) is 6.07 Å². The molecule has 33 heavy (non-hydrogen) atoms. The van der Waals surface area contributed by atoms with Crippen molar-refractivity contribution < 1.29 is 9.53 Å². The zero-order chi connectivity index (χ0) is 23.1. The maximum atomic E-state index is 13.8. The van der Waals surface area contributed by atoms with Crippen LogP contribution in [0.4, 0.5) is 0 Å². The summed E-state index contributed by atoms with van der Waals surface area (Å²) in [6, 6.07) is 38.5. The van der Waals surface area contributed by atoms with Crippen LogP contribution in [0.2, 0.25) is 0 Å². The molecule has 0 heterocycles. The molecule has 0 atom stereocenters. The molecule has 0 N–H and O–H groups in total. The molecule has 0 saturated carbocycles. The van der Waals surface area contributed by atoms with Gasteiger partial charge in [-0.15, -0.1) is 0 Å². The van der Waals surface area contributed by atoms with E-state index in [1.807, 2.05) is 91.0 Å². The van der Waals surface area contributed by atoms with Gasteiger partial charge in [0.15, 0.2) is 5.43 Å². The standard InChI is InChI=1S/C29H25O3P/c1-2-32-29(31)28(26-21-13-6-14-22-27(26)30)33(23-15-7-3-8-16-23,24-17-9-4-10-18-24)25-19-11-5-12-20-25/h3-22H,2H2,1H3. The molecule has 0 radical (unpaired) electrons. The third-order valence-electron chi connectivity index (χ3n) is 5.49. The molecule has 0 bridgehead atoms. The van der Waals surface area contributed by atoms with Crippen LogP contribution in [0.5, 0.6) is 0 Å². The Morgan fingerprint density at radius 1 is 0.636 bits per heavy atom. The lowest BCUT2D eigenvalue weighted by atomic mass is 10.2. The maximum Gasteiger partial charge on any atom is 0.339 e. The van der Waals surface area contributed by atoms with Gasteiger partial charge in [0.25, 0.3) is 0 Å². The van der Waals surface area contributed by atoms with E-state index in [1.54, 1.807) is 31.2 Å². The lowest BCUT2D eigenvalue weighted by molar-refractivity contribution is -0.134. The first-order chi connectivity index (χ1) is 16.2. The monoisotopic (exact) mass is 452 g/mol. The molecule has 164 valence electrons. The topological polar surface area (TPSA) is 43.4 Å². The summed E-state index contributed by atoms with van der Waals surface area (Å²) in [5, 5.41) is 3.36. The van der Waals surface area contributed by atoms with Crippen LogP contribution in [0.1, 0.15) is 12.5 Å². The smallest absolute Gasteiger partial charge is 0.339 e. The van der Waals surface area contributed by atoms with E-state index in [-0.39, 0.29) is 12.0 Å². The minimum absolute atomic E-state index is 0.213. The Balaban J connectivity index is 2.36. The van der Waals surface area contributed by atoms with Crippen molar-refractivity contribution in [2.24, 2.45) is 0 Å². The molecule has 0 aromatic heterocycles. The first kappa shape index (κ1) is 22.5. The third kappa shape index (κ3) is 4.33. The van der Waals surface area contributed by atoms with Gasteiger partial charge in [-0.1, -0.05) is 115 Å². The zero-order valence-electron chi connectivity index (χ0n) is 18.4. The molecule has 0 aliphatic rings. The van der Waals surface area contributed by atoms with Crippen LogP contribution in [0, 0.1) is 0 Å². The van der Waals surface area contributed by atoms with Gasteiger partial charge in [-0.25, -0.2) is 4.79 Å². The molecule has 0 amide bonds. The van der Waals surface area contributed by atoms with Crippen LogP contribution in [-0.2, 0) is 9.53 Å². The summed E-state index contributed by atoms with van der Waals surface area (Å²) < 4.78 is 5.63. The normalized spacial score (nSPS) is 10.9. The highest BCUT2D eigenvalue weighted by molar-refractivity contribution is 7.96. The first-order valence-corrected chi connectivity index (χ1v) is 12.7. The largest absolute Gasteiger partial charge is 0.462 e. The van der Waals surface area contributed by atoms with E-state index in [9.17, 15) is 9.59 Å². The summed E-state index contributed by atoms with van der Waals surface area (Å²) in [6.07, 6.45) is 0. The van der Waals surface area contributed by atoms with Crippen molar-refractivity contribution in [3.63, 3.8) is 0 Å². The number of hydrogen-bond acceptors (Lipinski definition) is 3. The van der Waals surface area contributed by atoms with E-state index in [0.29, 0.717) is 10.9 Å². The fourth-order valence-corrected chi connectivity index (χ4v) is 8.55. The number of carbonyl (C=O) groups is 1. The van der Waals surface area contributed by atoms with Crippen molar-refractivity contribution in [3.8, 4) is 0 Å². The first-order valence-electron chi connectivity index (χ1n) is 10.9. The van der Waals surface area contributed by atoms with Crippen LogP contribution in [0.3, 0.4) is 0 Å².